The average Bonchev–Trinajstić information content (AvgIpc) is 2.83. The highest BCUT2D eigenvalue weighted by Crippen LogP contribution is 2.07. The van der Waals surface area contributed by atoms with Crippen molar-refractivity contribution in [3.05, 3.63) is 35.9 Å². The number of carbonyl (C=O) groups excluding carboxylic acids is 5. The minimum Gasteiger partial charge on any atom is -0.481 e. The van der Waals surface area contributed by atoms with Crippen molar-refractivity contribution in [3.8, 4) is 0 Å². The molecule has 208 valence electrons. The molecule has 0 aliphatic rings. The zero-order valence-electron chi connectivity index (χ0n) is 20.4. The summed E-state index contributed by atoms with van der Waals surface area (Å²) >= 11 is 0. The SMILES string of the molecule is NC(=O)CCC(N)C(=O)NC(Cc1ccccc1)C(=O)NC(CC(N)=O)C(=O)NC(CCC(=O)O)C(=O)O. The Bertz CT molecular complexity index is 1030. The first kappa shape index (κ1) is 31.5. The van der Waals surface area contributed by atoms with Crippen molar-refractivity contribution in [2.24, 2.45) is 17.2 Å². The number of carboxylic acids is 2. The summed E-state index contributed by atoms with van der Waals surface area (Å²) in [6, 6.07) is 2.74. The second kappa shape index (κ2) is 15.6. The second-order valence-corrected chi connectivity index (χ2v) is 8.43. The Morgan fingerprint density at radius 1 is 0.711 bits per heavy atom. The van der Waals surface area contributed by atoms with E-state index < -0.39 is 84.9 Å². The van der Waals surface area contributed by atoms with Gasteiger partial charge in [-0.2, -0.15) is 0 Å². The molecule has 4 atom stereocenters. The van der Waals surface area contributed by atoms with Gasteiger partial charge in [0.1, 0.15) is 18.1 Å². The van der Waals surface area contributed by atoms with E-state index in [1.165, 1.54) is 0 Å². The molecule has 0 saturated heterocycles. The summed E-state index contributed by atoms with van der Waals surface area (Å²) in [5.41, 5.74) is 16.7. The number of nitrogens with two attached hydrogens (primary N) is 3. The van der Waals surface area contributed by atoms with Gasteiger partial charge in [0.05, 0.1) is 12.5 Å². The van der Waals surface area contributed by atoms with E-state index >= 15 is 0 Å². The Hall–Kier alpha value is -4.53. The molecular weight excluding hydrogens is 504 g/mol. The van der Waals surface area contributed by atoms with Gasteiger partial charge in [-0.15, -0.1) is 0 Å². The van der Waals surface area contributed by atoms with Gasteiger partial charge in [0.15, 0.2) is 0 Å². The molecule has 11 N–H and O–H groups in total. The first-order chi connectivity index (χ1) is 17.8. The van der Waals surface area contributed by atoms with Crippen LogP contribution in [0.1, 0.15) is 37.7 Å². The Labute approximate surface area is 217 Å². The molecule has 1 aromatic carbocycles. The molecule has 0 heterocycles. The van der Waals surface area contributed by atoms with E-state index in [0.717, 1.165) is 0 Å². The number of hydrogen-bond acceptors (Lipinski definition) is 8. The van der Waals surface area contributed by atoms with Gasteiger partial charge in [0.25, 0.3) is 0 Å². The molecular formula is C23H32N6O9. The van der Waals surface area contributed by atoms with Gasteiger partial charge in [-0.3, -0.25) is 28.8 Å². The molecule has 4 unspecified atom stereocenters. The Balaban J connectivity index is 3.09. The lowest BCUT2D eigenvalue weighted by Crippen LogP contribution is -2.58. The van der Waals surface area contributed by atoms with Crippen molar-refractivity contribution in [2.75, 3.05) is 0 Å². The van der Waals surface area contributed by atoms with Crippen LogP contribution in [0.5, 0.6) is 0 Å². The predicted molar refractivity (Wildman–Crippen MR) is 131 cm³/mol. The number of benzene rings is 1. The summed E-state index contributed by atoms with van der Waals surface area (Å²) < 4.78 is 0. The molecule has 0 fully saturated rings. The van der Waals surface area contributed by atoms with E-state index in [-0.39, 0.29) is 19.3 Å². The summed E-state index contributed by atoms with van der Waals surface area (Å²) in [5, 5.41) is 24.9. The summed E-state index contributed by atoms with van der Waals surface area (Å²) in [4.78, 5) is 83.2. The van der Waals surface area contributed by atoms with Gasteiger partial charge in [-0.05, 0) is 18.4 Å². The molecule has 0 bridgehead atoms. The molecule has 0 spiro atoms. The molecule has 1 aromatic rings. The van der Waals surface area contributed by atoms with Gasteiger partial charge in [-0.1, -0.05) is 30.3 Å². The lowest BCUT2D eigenvalue weighted by Gasteiger charge is -2.25. The van der Waals surface area contributed by atoms with Crippen molar-refractivity contribution in [3.63, 3.8) is 0 Å². The highest BCUT2D eigenvalue weighted by Gasteiger charge is 2.31. The summed E-state index contributed by atoms with van der Waals surface area (Å²) in [6.07, 6.45) is -2.04. The van der Waals surface area contributed by atoms with Crippen molar-refractivity contribution in [1.82, 2.24) is 16.0 Å². The predicted octanol–water partition coefficient (Wildman–Crippen LogP) is -2.90. The standard InChI is InChI=1S/C23H32N6O9/c24-13(6-8-17(25)30)20(34)28-15(10-12-4-2-1-3-5-12)21(35)29-16(11-18(26)31)22(36)27-14(23(37)38)7-9-19(32)33/h1-5,13-16H,6-11,24H2,(H2,25,30)(H2,26,31)(H,27,36)(H,28,34)(H,29,35)(H,32,33)(H,37,38). The molecule has 1 rings (SSSR count). The van der Waals surface area contributed by atoms with Crippen molar-refractivity contribution in [1.29, 1.82) is 0 Å². The maximum atomic E-state index is 13.1. The largest absolute Gasteiger partial charge is 0.481 e. The number of aliphatic carboxylic acids is 2. The number of amides is 5. The van der Waals surface area contributed by atoms with Crippen LogP contribution in [0.2, 0.25) is 0 Å². The third-order valence-electron chi connectivity index (χ3n) is 5.25. The van der Waals surface area contributed by atoms with Crippen LogP contribution < -0.4 is 33.2 Å². The van der Waals surface area contributed by atoms with Crippen LogP contribution in [0.3, 0.4) is 0 Å². The quantitative estimate of drug-likeness (QED) is 0.100. The van der Waals surface area contributed by atoms with Crippen molar-refractivity contribution >= 4 is 41.5 Å². The number of carbonyl (C=O) groups is 7. The minimum absolute atomic E-state index is 0.0533. The van der Waals surface area contributed by atoms with Gasteiger partial charge < -0.3 is 43.4 Å². The van der Waals surface area contributed by atoms with Crippen LogP contribution in [0, 0.1) is 0 Å². The van der Waals surface area contributed by atoms with Gasteiger partial charge in [0, 0.05) is 19.3 Å². The van der Waals surface area contributed by atoms with Crippen LogP contribution in [-0.2, 0) is 40.0 Å². The number of rotatable bonds is 17. The summed E-state index contributed by atoms with van der Waals surface area (Å²) in [5.74, 6) is -7.28. The lowest BCUT2D eigenvalue weighted by atomic mass is 10.0. The van der Waals surface area contributed by atoms with E-state index in [4.69, 9.17) is 22.3 Å². The van der Waals surface area contributed by atoms with Gasteiger partial charge >= 0.3 is 11.9 Å². The molecule has 0 aliphatic carbocycles. The Morgan fingerprint density at radius 3 is 1.79 bits per heavy atom. The summed E-state index contributed by atoms with van der Waals surface area (Å²) in [6.45, 7) is 0. The number of primary amides is 2. The highest BCUT2D eigenvalue weighted by molar-refractivity contribution is 5.96. The lowest BCUT2D eigenvalue weighted by molar-refractivity contribution is -0.143. The smallest absolute Gasteiger partial charge is 0.326 e. The molecule has 0 radical (unpaired) electrons. The molecule has 0 saturated carbocycles. The third-order valence-corrected chi connectivity index (χ3v) is 5.25. The normalized spacial score (nSPS) is 13.7. The fourth-order valence-electron chi connectivity index (χ4n) is 3.25. The van der Waals surface area contributed by atoms with E-state index in [1.54, 1.807) is 30.3 Å². The first-order valence-corrected chi connectivity index (χ1v) is 11.5. The third kappa shape index (κ3) is 11.9. The van der Waals surface area contributed by atoms with Gasteiger partial charge in [0.2, 0.25) is 29.5 Å². The Kier molecular flexibility index (Phi) is 12.9. The van der Waals surface area contributed by atoms with Gasteiger partial charge in [-0.25, -0.2) is 4.79 Å². The van der Waals surface area contributed by atoms with Crippen LogP contribution in [-0.4, -0.2) is 75.9 Å². The fraction of sp³-hybridized carbons (Fsp3) is 0.435. The zero-order valence-corrected chi connectivity index (χ0v) is 20.4. The first-order valence-electron chi connectivity index (χ1n) is 11.5. The summed E-state index contributed by atoms with van der Waals surface area (Å²) in [7, 11) is 0. The van der Waals surface area contributed by atoms with Crippen LogP contribution in [0.4, 0.5) is 0 Å². The topological polar surface area (TPSA) is 274 Å². The monoisotopic (exact) mass is 536 g/mol. The molecule has 0 aromatic heterocycles. The van der Waals surface area contributed by atoms with Crippen molar-refractivity contribution in [2.45, 2.75) is 62.7 Å². The number of hydrogen-bond donors (Lipinski definition) is 8. The van der Waals surface area contributed by atoms with Crippen LogP contribution in [0.15, 0.2) is 30.3 Å². The second-order valence-electron chi connectivity index (χ2n) is 8.43. The van der Waals surface area contributed by atoms with E-state index in [2.05, 4.69) is 16.0 Å². The van der Waals surface area contributed by atoms with Crippen molar-refractivity contribution < 1.29 is 43.8 Å². The molecule has 5 amide bonds. The fourth-order valence-corrected chi connectivity index (χ4v) is 3.25. The maximum absolute atomic E-state index is 13.1. The van der Waals surface area contributed by atoms with E-state index in [0.29, 0.717) is 5.56 Å². The van der Waals surface area contributed by atoms with Crippen LogP contribution in [0.25, 0.3) is 0 Å². The average molecular weight is 537 g/mol. The molecule has 38 heavy (non-hydrogen) atoms. The maximum Gasteiger partial charge on any atom is 0.326 e. The highest BCUT2D eigenvalue weighted by atomic mass is 16.4. The van der Waals surface area contributed by atoms with Crippen LogP contribution >= 0.6 is 0 Å². The zero-order chi connectivity index (χ0) is 28.8. The molecule has 15 heteroatoms. The Morgan fingerprint density at radius 2 is 1.26 bits per heavy atom. The molecule has 0 aliphatic heterocycles. The number of carboxylic acid groups (broad SMARTS) is 2. The van der Waals surface area contributed by atoms with E-state index in [1.807, 2.05) is 0 Å². The minimum atomic E-state index is -1.63. The van der Waals surface area contributed by atoms with E-state index in [9.17, 15) is 38.7 Å². The molecule has 15 nitrogen and oxygen atoms in total. The number of nitrogens with one attached hydrogen (secondary N) is 3.